The molecule has 1 atom stereocenters. The summed E-state index contributed by atoms with van der Waals surface area (Å²) in [7, 11) is 0. The van der Waals surface area contributed by atoms with E-state index in [4.69, 9.17) is 4.74 Å². The number of amides is 1. The van der Waals surface area contributed by atoms with Crippen LogP contribution in [0.4, 0.5) is 0 Å². The molecule has 0 aliphatic carbocycles. The maximum Gasteiger partial charge on any atom is 0.217 e. The van der Waals surface area contributed by atoms with Crippen LogP contribution in [0.5, 0.6) is 5.75 Å². The van der Waals surface area contributed by atoms with E-state index in [2.05, 4.69) is 55.6 Å². The van der Waals surface area contributed by atoms with Gasteiger partial charge in [0, 0.05) is 13.3 Å². The second-order valence-corrected chi connectivity index (χ2v) is 6.01. The van der Waals surface area contributed by atoms with Gasteiger partial charge < -0.3 is 10.1 Å². The van der Waals surface area contributed by atoms with Crippen LogP contribution in [0.1, 0.15) is 42.1 Å². The zero-order valence-electron chi connectivity index (χ0n) is 14.3. The quantitative estimate of drug-likeness (QED) is 0.871. The molecule has 2 aromatic rings. The number of aryl methyl sites for hydroxylation is 2. The topological polar surface area (TPSA) is 38.3 Å². The summed E-state index contributed by atoms with van der Waals surface area (Å²) in [6, 6.07) is 14.5. The van der Waals surface area contributed by atoms with Gasteiger partial charge in [-0.15, -0.1) is 0 Å². The molecule has 0 radical (unpaired) electrons. The van der Waals surface area contributed by atoms with E-state index in [1.165, 1.54) is 23.6 Å². The van der Waals surface area contributed by atoms with Crippen molar-refractivity contribution in [3.63, 3.8) is 0 Å². The average Bonchev–Trinajstić information content (AvgIpc) is 2.51. The Morgan fingerprint density at radius 2 is 1.78 bits per heavy atom. The van der Waals surface area contributed by atoms with E-state index in [-0.39, 0.29) is 11.9 Å². The smallest absolute Gasteiger partial charge is 0.217 e. The molecule has 122 valence electrons. The van der Waals surface area contributed by atoms with Gasteiger partial charge in [0.2, 0.25) is 5.91 Å². The highest BCUT2D eigenvalue weighted by Crippen LogP contribution is 2.17. The summed E-state index contributed by atoms with van der Waals surface area (Å²) < 4.78 is 5.82. The number of hydrogen-bond donors (Lipinski definition) is 1. The van der Waals surface area contributed by atoms with Crippen molar-refractivity contribution in [2.45, 2.75) is 40.2 Å². The van der Waals surface area contributed by atoms with Crippen LogP contribution in [0, 0.1) is 13.8 Å². The highest BCUT2D eigenvalue weighted by Gasteiger charge is 2.06. The van der Waals surface area contributed by atoms with Gasteiger partial charge in [0.1, 0.15) is 5.75 Å². The van der Waals surface area contributed by atoms with Crippen molar-refractivity contribution in [3.05, 3.63) is 64.7 Å². The second-order valence-electron chi connectivity index (χ2n) is 6.01. The third-order valence-corrected chi connectivity index (χ3v) is 4.04. The Kier molecular flexibility index (Phi) is 5.80. The number of rotatable bonds is 6. The summed E-state index contributed by atoms with van der Waals surface area (Å²) in [5.41, 5.74) is 4.87. The predicted octanol–water partition coefficient (Wildman–Crippen LogP) is 4.12. The first-order chi connectivity index (χ1) is 11.0. The van der Waals surface area contributed by atoms with Crippen molar-refractivity contribution >= 4 is 5.91 Å². The van der Waals surface area contributed by atoms with Gasteiger partial charge in [-0.25, -0.2) is 0 Å². The third kappa shape index (κ3) is 5.13. The first kappa shape index (κ1) is 17.1. The van der Waals surface area contributed by atoms with Crippen LogP contribution < -0.4 is 10.1 Å². The summed E-state index contributed by atoms with van der Waals surface area (Å²) in [5.74, 6) is 0.910. The normalized spacial score (nSPS) is 11.8. The van der Waals surface area contributed by atoms with Crippen LogP contribution in [0.3, 0.4) is 0 Å². The lowest BCUT2D eigenvalue weighted by Crippen LogP contribution is -2.23. The van der Waals surface area contributed by atoms with Gasteiger partial charge in [-0.05, 0) is 55.2 Å². The van der Waals surface area contributed by atoms with Crippen LogP contribution in [0.25, 0.3) is 0 Å². The van der Waals surface area contributed by atoms with Gasteiger partial charge in [-0.3, -0.25) is 4.79 Å². The molecule has 1 N–H and O–H groups in total. The lowest BCUT2D eigenvalue weighted by atomic mass is 10.0. The largest absolute Gasteiger partial charge is 0.493 e. The number of hydrogen-bond acceptors (Lipinski definition) is 2. The minimum Gasteiger partial charge on any atom is -0.493 e. The molecule has 0 fully saturated rings. The van der Waals surface area contributed by atoms with Crippen molar-refractivity contribution in [3.8, 4) is 5.75 Å². The fourth-order valence-electron chi connectivity index (χ4n) is 2.45. The monoisotopic (exact) mass is 311 g/mol. The Bertz CT molecular complexity index is 662. The molecule has 3 heteroatoms. The number of carbonyl (C=O) groups is 1. The van der Waals surface area contributed by atoms with Crippen molar-refractivity contribution in [1.29, 1.82) is 0 Å². The highest BCUT2D eigenvalue weighted by molar-refractivity contribution is 5.73. The Morgan fingerprint density at radius 3 is 2.39 bits per heavy atom. The van der Waals surface area contributed by atoms with Crippen LogP contribution in [0.2, 0.25) is 0 Å². The highest BCUT2D eigenvalue weighted by atomic mass is 16.5. The van der Waals surface area contributed by atoms with E-state index in [0.717, 1.165) is 17.7 Å². The SMILES string of the molecule is CC(=O)NC(C)c1ccc(CCOc2ccc(C)c(C)c2)cc1. The second kappa shape index (κ2) is 7.82. The molecule has 0 bridgehead atoms. The minimum absolute atomic E-state index is 0.0108. The number of ether oxygens (including phenoxy) is 1. The lowest BCUT2D eigenvalue weighted by Gasteiger charge is -2.13. The molecule has 0 aliphatic rings. The molecule has 0 saturated heterocycles. The van der Waals surface area contributed by atoms with Crippen molar-refractivity contribution in [1.82, 2.24) is 5.32 Å². The molecule has 0 saturated carbocycles. The zero-order chi connectivity index (χ0) is 16.8. The Labute approximate surface area is 138 Å². The average molecular weight is 311 g/mol. The number of nitrogens with one attached hydrogen (secondary N) is 1. The van der Waals surface area contributed by atoms with E-state index in [0.29, 0.717) is 6.61 Å². The minimum atomic E-state index is -0.0108. The summed E-state index contributed by atoms with van der Waals surface area (Å²) in [5, 5.41) is 2.89. The Balaban J connectivity index is 1.86. The van der Waals surface area contributed by atoms with E-state index in [1.807, 2.05) is 13.0 Å². The Morgan fingerprint density at radius 1 is 1.09 bits per heavy atom. The standard InChI is InChI=1S/C20H25NO2/c1-14-5-10-20(13-15(14)2)23-12-11-18-6-8-19(9-7-18)16(3)21-17(4)22/h5-10,13,16H,11-12H2,1-4H3,(H,21,22). The molecule has 1 unspecified atom stereocenters. The first-order valence-corrected chi connectivity index (χ1v) is 8.01. The van der Waals surface area contributed by atoms with Crippen LogP contribution in [-0.2, 0) is 11.2 Å². The van der Waals surface area contributed by atoms with Gasteiger partial charge in [0.25, 0.3) is 0 Å². The van der Waals surface area contributed by atoms with Gasteiger partial charge in [-0.2, -0.15) is 0 Å². The Hall–Kier alpha value is -2.29. The van der Waals surface area contributed by atoms with Crippen LogP contribution in [0.15, 0.2) is 42.5 Å². The molecule has 1 amide bonds. The van der Waals surface area contributed by atoms with Gasteiger partial charge >= 0.3 is 0 Å². The summed E-state index contributed by atoms with van der Waals surface area (Å²) in [6.45, 7) is 8.37. The molecule has 0 spiro atoms. The molecule has 2 rings (SSSR count). The van der Waals surface area contributed by atoms with E-state index in [1.54, 1.807) is 0 Å². The maximum absolute atomic E-state index is 11.1. The predicted molar refractivity (Wildman–Crippen MR) is 93.8 cm³/mol. The molecular weight excluding hydrogens is 286 g/mol. The molecule has 0 heterocycles. The summed E-state index contributed by atoms with van der Waals surface area (Å²) in [4.78, 5) is 11.1. The fourth-order valence-corrected chi connectivity index (χ4v) is 2.45. The zero-order valence-corrected chi connectivity index (χ0v) is 14.3. The summed E-state index contributed by atoms with van der Waals surface area (Å²) >= 11 is 0. The molecule has 0 aliphatic heterocycles. The number of benzene rings is 2. The molecular formula is C20H25NO2. The molecule has 2 aromatic carbocycles. The molecule has 3 nitrogen and oxygen atoms in total. The molecule has 0 aromatic heterocycles. The molecule has 23 heavy (non-hydrogen) atoms. The van der Waals surface area contributed by atoms with Gasteiger partial charge in [-0.1, -0.05) is 30.3 Å². The van der Waals surface area contributed by atoms with Crippen LogP contribution >= 0.6 is 0 Å². The fraction of sp³-hybridized carbons (Fsp3) is 0.350. The van der Waals surface area contributed by atoms with Gasteiger partial charge in [0.05, 0.1) is 12.6 Å². The van der Waals surface area contributed by atoms with E-state index in [9.17, 15) is 4.79 Å². The van der Waals surface area contributed by atoms with Crippen LogP contribution in [-0.4, -0.2) is 12.5 Å². The van der Waals surface area contributed by atoms with Crippen molar-refractivity contribution in [2.24, 2.45) is 0 Å². The number of carbonyl (C=O) groups excluding carboxylic acids is 1. The van der Waals surface area contributed by atoms with Gasteiger partial charge in [0.15, 0.2) is 0 Å². The lowest BCUT2D eigenvalue weighted by molar-refractivity contribution is -0.119. The third-order valence-electron chi connectivity index (χ3n) is 4.04. The van der Waals surface area contributed by atoms with Crippen molar-refractivity contribution in [2.75, 3.05) is 6.61 Å². The first-order valence-electron chi connectivity index (χ1n) is 8.01. The van der Waals surface area contributed by atoms with E-state index < -0.39 is 0 Å². The van der Waals surface area contributed by atoms with E-state index >= 15 is 0 Å². The maximum atomic E-state index is 11.1. The summed E-state index contributed by atoms with van der Waals surface area (Å²) in [6.07, 6.45) is 0.863. The van der Waals surface area contributed by atoms with Crippen molar-refractivity contribution < 1.29 is 9.53 Å².